The maximum atomic E-state index is 11.8. The van der Waals surface area contributed by atoms with Crippen molar-refractivity contribution < 1.29 is 9.53 Å². The van der Waals surface area contributed by atoms with Crippen LogP contribution in [0.5, 0.6) is 0 Å². The quantitative estimate of drug-likeness (QED) is 0.578. The van der Waals surface area contributed by atoms with Crippen molar-refractivity contribution in [2.24, 2.45) is 7.05 Å². The maximum absolute atomic E-state index is 11.8. The number of amides is 1. The highest BCUT2D eigenvalue weighted by atomic mass is 32.1. The molecule has 1 aliphatic heterocycles. The van der Waals surface area contributed by atoms with Crippen LogP contribution in [-0.2, 0) is 16.6 Å². The Morgan fingerprint density at radius 2 is 1.97 bits per heavy atom. The number of aromatic nitrogens is 2. The molecule has 0 bridgehead atoms. The summed E-state index contributed by atoms with van der Waals surface area (Å²) in [5, 5.41) is 6.91. The number of aryl methyl sites for hydroxylation is 1. The van der Waals surface area contributed by atoms with Crippen LogP contribution in [0.2, 0.25) is 0 Å². The lowest BCUT2D eigenvalue weighted by Crippen LogP contribution is -2.30. The van der Waals surface area contributed by atoms with Crippen molar-refractivity contribution in [3.63, 3.8) is 0 Å². The first-order valence-electron chi connectivity index (χ1n) is 10.0. The number of thiocarbonyl (C=S) groups is 1. The molecule has 4 rings (SSSR count). The number of nitrogens with one attached hydrogen (secondary N) is 2. The zero-order valence-electron chi connectivity index (χ0n) is 17.7. The van der Waals surface area contributed by atoms with E-state index in [1.54, 1.807) is 6.20 Å². The number of benzene rings is 1. The first-order chi connectivity index (χ1) is 15.0. The zero-order valence-corrected chi connectivity index (χ0v) is 18.5. The van der Waals surface area contributed by atoms with Gasteiger partial charge in [0.15, 0.2) is 5.11 Å². The zero-order chi connectivity index (χ0) is 22.0. The number of ether oxygens (including phenoxy) is 1. The van der Waals surface area contributed by atoms with E-state index in [1.807, 2.05) is 42.5 Å². The SMILES string of the molecule is COCC(=O)Nc1ccc(N2C(=S)NC(c3ccccn3)C2c2ccc(C)n2C)cc1. The van der Waals surface area contributed by atoms with E-state index in [4.69, 9.17) is 17.0 Å². The highest BCUT2D eigenvalue weighted by Crippen LogP contribution is 2.41. The fourth-order valence-corrected chi connectivity index (χ4v) is 4.24. The van der Waals surface area contributed by atoms with Gasteiger partial charge >= 0.3 is 0 Å². The lowest BCUT2D eigenvalue weighted by molar-refractivity contribution is -0.119. The van der Waals surface area contributed by atoms with Crippen LogP contribution in [0.15, 0.2) is 60.8 Å². The third-order valence-electron chi connectivity index (χ3n) is 5.52. The van der Waals surface area contributed by atoms with E-state index >= 15 is 0 Å². The van der Waals surface area contributed by atoms with E-state index < -0.39 is 0 Å². The van der Waals surface area contributed by atoms with Gasteiger partial charge in [-0.25, -0.2) is 0 Å². The first-order valence-corrected chi connectivity index (χ1v) is 10.4. The van der Waals surface area contributed by atoms with Gasteiger partial charge in [-0.15, -0.1) is 0 Å². The molecule has 7 nitrogen and oxygen atoms in total. The van der Waals surface area contributed by atoms with Gasteiger partial charge in [-0.05, 0) is 67.7 Å². The topological polar surface area (TPSA) is 71.4 Å². The van der Waals surface area contributed by atoms with Gasteiger partial charge in [0.1, 0.15) is 12.6 Å². The fourth-order valence-electron chi connectivity index (χ4n) is 3.90. The number of pyridine rings is 1. The lowest BCUT2D eigenvalue weighted by Gasteiger charge is -2.28. The molecule has 160 valence electrons. The summed E-state index contributed by atoms with van der Waals surface area (Å²) in [4.78, 5) is 18.5. The second-order valence-electron chi connectivity index (χ2n) is 7.48. The van der Waals surface area contributed by atoms with Gasteiger partial charge in [0.2, 0.25) is 5.91 Å². The summed E-state index contributed by atoms with van der Waals surface area (Å²) in [7, 11) is 3.56. The summed E-state index contributed by atoms with van der Waals surface area (Å²) in [5.41, 5.74) is 4.88. The molecule has 2 aromatic heterocycles. The molecular formula is C23H25N5O2S. The lowest BCUT2D eigenvalue weighted by atomic mass is 10.0. The molecule has 2 unspecified atom stereocenters. The number of nitrogens with zero attached hydrogens (tertiary/aromatic N) is 3. The number of anilines is 2. The Labute approximate surface area is 187 Å². The molecular weight excluding hydrogens is 410 g/mol. The average Bonchev–Trinajstić information content (AvgIpc) is 3.28. The largest absolute Gasteiger partial charge is 0.375 e. The summed E-state index contributed by atoms with van der Waals surface area (Å²) < 4.78 is 7.05. The number of hydrogen-bond donors (Lipinski definition) is 2. The summed E-state index contributed by atoms with van der Waals surface area (Å²) in [5.74, 6) is -0.194. The molecule has 2 N–H and O–H groups in total. The van der Waals surface area contributed by atoms with Crippen LogP contribution in [0, 0.1) is 6.92 Å². The summed E-state index contributed by atoms with van der Waals surface area (Å²) in [6, 6.07) is 17.6. The number of carbonyl (C=O) groups is 1. The van der Waals surface area contributed by atoms with Gasteiger partial charge in [0, 0.05) is 43.1 Å². The normalized spacial score (nSPS) is 18.2. The molecule has 1 saturated heterocycles. The highest BCUT2D eigenvalue weighted by molar-refractivity contribution is 7.80. The predicted octanol–water partition coefficient (Wildman–Crippen LogP) is 3.49. The summed E-state index contributed by atoms with van der Waals surface area (Å²) in [6.07, 6.45) is 1.80. The first kappa shape index (κ1) is 21.0. The summed E-state index contributed by atoms with van der Waals surface area (Å²) >= 11 is 5.76. The molecule has 0 aliphatic carbocycles. The van der Waals surface area contributed by atoms with Gasteiger partial charge in [-0.2, -0.15) is 0 Å². The Morgan fingerprint density at radius 1 is 1.19 bits per heavy atom. The predicted molar refractivity (Wildman–Crippen MR) is 125 cm³/mol. The molecule has 2 atom stereocenters. The van der Waals surface area contributed by atoms with Crippen molar-refractivity contribution in [3.05, 3.63) is 77.9 Å². The molecule has 1 fully saturated rings. The van der Waals surface area contributed by atoms with Crippen molar-refractivity contribution in [1.82, 2.24) is 14.9 Å². The summed E-state index contributed by atoms with van der Waals surface area (Å²) in [6.45, 7) is 2.10. The van der Waals surface area contributed by atoms with Crippen LogP contribution in [0.3, 0.4) is 0 Å². The van der Waals surface area contributed by atoms with E-state index in [-0.39, 0.29) is 24.6 Å². The Morgan fingerprint density at radius 3 is 2.58 bits per heavy atom. The maximum Gasteiger partial charge on any atom is 0.250 e. The molecule has 1 amide bonds. The van der Waals surface area contributed by atoms with E-state index in [0.29, 0.717) is 10.8 Å². The van der Waals surface area contributed by atoms with Crippen molar-refractivity contribution in [3.8, 4) is 0 Å². The number of methoxy groups -OCH3 is 1. The molecule has 8 heteroatoms. The van der Waals surface area contributed by atoms with Crippen LogP contribution >= 0.6 is 12.2 Å². The van der Waals surface area contributed by atoms with Gasteiger partial charge in [0.25, 0.3) is 0 Å². The molecule has 1 aliphatic rings. The van der Waals surface area contributed by atoms with Crippen molar-refractivity contribution in [2.75, 3.05) is 23.9 Å². The molecule has 1 aromatic carbocycles. The van der Waals surface area contributed by atoms with Crippen molar-refractivity contribution in [2.45, 2.75) is 19.0 Å². The molecule has 3 heterocycles. The standard InChI is InChI=1S/C23H25N5O2S/c1-15-7-12-19(27(15)2)22-21(18-6-4-5-13-24-18)26-23(31)28(22)17-10-8-16(9-11-17)25-20(29)14-30-3/h4-13,21-22H,14H2,1-3H3,(H,25,29)(H,26,31). The second kappa shape index (κ2) is 8.87. The Hall–Kier alpha value is -3.23. The molecule has 0 radical (unpaired) electrons. The van der Waals surface area contributed by atoms with Crippen LogP contribution in [0.1, 0.15) is 29.2 Å². The van der Waals surface area contributed by atoms with Crippen LogP contribution in [-0.4, -0.2) is 34.3 Å². The fraction of sp³-hybridized carbons (Fsp3) is 0.261. The smallest absolute Gasteiger partial charge is 0.250 e. The Kier molecular flexibility index (Phi) is 6.01. The Balaban J connectivity index is 1.70. The van der Waals surface area contributed by atoms with Gasteiger partial charge in [-0.1, -0.05) is 6.07 Å². The van der Waals surface area contributed by atoms with Crippen molar-refractivity contribution in [1.29, 1.82) is 0 Å². The van der Waals surface area contributed by atoms with Crippen LogP contribution < -0.4 is 15.5 Å². The number of rotatable bonds is 6. The minimum absolute atomic E-state index is 0.0164. The van der Waals surface area contributed by atoms with Crippen LogP contribution in [0.25, 0.3) is 0 Å². The van der Waals surface area contributed by atoms with E-state index in [1.165, 1.54) is 12.8 Å². The number of hydrogen-bond acceptors (Lipinski definition) is 4. The van der Waals surface area contributed by atoms with Crippen molar-refractivity contribution >= 4 is 34.6 Å². The number of carbonyl (C=O) groups excluding carboxylic acids is 1. The Bertz CT molecular complexity index is 1080. The second-order valence-corrected chi connectivity index (χ2v) is 7.87. The van der Waals surface area contributed by atoms with E-state index in [0.717, 1.165) is 17.1 Å². The molecule has 31 heavy (non-hydrogen) atoms. The van der Waals surface area contributed by atoms with E-state index in [9.17, 15) is 4.79 Å². The van der Waals surface area contributed by atoms with E-state index in [2.05, 4.69) is 51.2 Å². The monoisotopic (exact) mass is 435 g/mol. The van der Waals surface area contributed by atoms with Gasteiger partial charge in [0.05, 0.1) is 11.7 Å². The van der Waals surface area contributed by atoms with Gasteiger partial charge in [-0.3, -0.25) is 9.78 Å². The molecule has 0 saturated carbocycles. The highest BCUT2D eigenvalue weighted by Gasteiger charge is 2.41. The minimum Gasteiger partial charge on any atom is -0.375 e. The minimum atomic E-state index is -0.194. The third-order valence-corrected chi connectivity index (χ3v) is 5.83. The molecule has 0 spiro atoms. The average molecular weight is 436 g/mol. The molecule has 3 aromatic rings. The third kappa shape index (κ3) is 4.17. The van der Waals surface area contributed by atoms with Gasteiger partial charge < -0.3 is 24.8 Å². The van der Waals surface area contributed by atoms with Crippen LogP contribution in [0.4, 0.5) is 11.4 Å².